The minimum atomic E-state index is 0.623. The zero-order chi connectivity index (χ0) is 18.6. The molecular weight excluding hydrogens is 342 g/mol. The molecule has 1 aliphatic heterocycles. The molecule has 3 aromatic heterocycles. The Hall–Kier alpha value is -3.13. The second-order valence-electron chi connectivity index (χ2n) is 6.67. The molecular formula is C19H23N7O. The van der Waals surface area contributed by atoms with Crippen LogP contribution in [0, 0.1) is 6.92 Å². The topological polar surface area (TPSA) is 86.1 Å². The van der Waals surface area contributed by atoms with E-state index in [1.165, 1.54) is 0 Å². The van der Waals surface area contributed by atoms with Gasteiger partial charge >= 0.3 is 0 Å². The van der Waals surface area contributed by atoms with Gasteiger partial charge in [-0.1, -0.05) is 0 Å². The summed E-state index contributed by atoms with van der Waals surface area (Å²) >= 11 is 0. The number of aromatic amines is 1. The fourth-order valence-electron chi connectivity index (χ4n) is 2.94. The molecule has 0 spiro atoms. The van der Waals surface area contributed by atoms with Gasteiger partial charge in [0.2, 0.25) is 0 Å². The summed E-state index contributed by atoms with van der Waals surface area (Å²) in [4.78, 5) is 13.9. The summed E-state index contributed by atoms with van der Waals surface area (Å²) in [7, 11) is 2.14. The molecule has 4 rings (SSSR count). The van der Waals surface area contributed by atoms with Crippen molar-refractivity contribution < 1.29 is 4.42 Å². The lowest BCUT2D eigenvalue weighted by Gasteiger charge is -2.33. The van der Waals surface area contributed by atoms with Gasteiger partial charge in [0.25, 0.3) is 0 Å². The minimum Gasteiger partial charge on any atom is -0.465 e. The number of aryl methyl sites for hydroxylation is 1. The number of nitrogens with one attached hydrogen (secondary N) is 2. The van der Waals surface area contributed by atoms with Crippen LogP contribution in [0.1, 0.15) is 17.3 Å². The first-order valence-corrected chi connectivity index (χ1v) is 8.99. The van der Waals surface area contributed by atoms with Crippen LogP contribution in [0.15, 0.2) is 34.9 Å². The van der Waals surface area contributed by atoms with E-state index in [0.29, 0.717) is 11.6 Å². The fourth-order valence-corrected chi connectivity index (χ4v) is 2.94. The molecule has 0 amide bonds. The van der Waals surface area contributed by atoms with Crippen LogP contribution in [0.3, 0.4) is 0 Å². The molecule has 27 heavy (non-hydrogen) atoms. The number of piperazine rings is 1. The Kier molecular flexibility index (Phi) is 4.88. The van der Waals surface area contributed by atoms with E-state index in [9.17, 15) is 0 Å². The highest BCUT2D eigenvalue weighted by molar-refractivity contribution is 5.67. The fraction of sp³-hybridized carbons (Fsp3) is 0.316. The third-order valence-corrected chi connectivity index (χ3v) is 4.46. The van der Waals surface area contributed by atoms with Gasteiger partial charge in [-0.25, -0.2) is 9.97 Å². The van der Waals surface area contributed by atoms with E-state index in [0.717, 1.165) is 49.3 Å². The van der Waals surface area contributed by atoms with Crippen LogP contribution in [0.25, 0.3) is 12.2 Å². The highest BCUT2D eigenvalue weighted by atomic mass is 16.3. The normalized spacial score (nSPS) is 15.6. The first kappa shape index (κ1) is 17.3. The maximum absolute atomic E-state index is 5.35. The Bertz CT molecular complexity index is 908. The van der Waals surface area contributed by atoms with Gasteiger partial charge in [-0.15, -0.1) is 0 Å². The minimum absolute atomic E-state index is 0.623. The van der Waals surface area contributed by atoms with Crippen molar-refractivity contribution in [2.24, 2.45) is 0 Å². The Morgan fingerprint density at radius 1 is 1.11 bits per heavy atom. The van der Waals surface area contributed by atoms with E-state index in [4.69, 9.17) is 9.40 Å². The van der Waals surface area contributed by atoms with Crippen LogP contribution < -0.4 is 10.2 Å². The number of H-pyrrole nitrogens is 1. The summed E-state index contributed by atoms with van der Waals surface area (Å²) in [6.45, 7) is 5.88. The molecule has 0 bridgehead atoms. The van der Waals surface area contributed by atoms with Crippen molar-refractivity contribution >= 4 is 29.6 Å². The Labute approximate surface area is 157 Å². The highest BCUT2D eigenvalue weighted by Crippen LogP contribution is 2.21. The highest BCUT2D eigenvalue weighted by Gasteiger charge is 2.17. The van der Waals surface area contributed by atoms with Gasteiger partial charge in [-0.05, 0) is 38.3 Å². The Morgan fingerprint density at radius 3 is 2.67 bits per heavy atom. The second-order valence-corrected chi connectivity index (χ2v) is 6.67. The molecule has 8 nitrogen and oxygen atoms in total. The molecule has 8 heteroatoms. The number of likely N-dealkylation sites (N-methyl/N-ethyl adjacent to an activating group) is 1. The average Bonchev–Trinajstić information content (AvgIpc) is 3.32. The van der Waals surface area contributed by atoms with Gasteiger partial charge < -0.3 is 19.5 Å². The molecule has 140 valence electrons. The first-order valence-electron chi connectivity index (χ1n) is 8.99. The van der Waals surface area contributed by atoms with Gasteiger partial charge in [-0.2, -0.15) is 5.10 Å². The number of rotatable bonds is 5. The van der Waals surface area contributed by atoms with E-state index >= 15 is 0 Å². The van der Waals surface area contributed by atoms with Crippen molar-refractivity contribution in [3.05, 3.63) is 47.8 Å². The van der Waals surface area contributed by atoms with Crippen LogP contribution in [-0.2, 0) is 0 Å². The van der Waals surface area contributed by atoms with Crippen molar-refractivity contribution in [3.8, 4) is 0 Å². The van der Waals surface area contributed by atoms with E-state index in [1.807, 2.05) is 43.3 Å². The van der Waals surface area contributed by atoms with Gasteiger partial charge in [0.05, 0.1) is 6.26 Å². The summed E-state index contributed by atoms with van der Waals surface area (Å²) in [6, 6.07) is 7.66. The molecule has 4 heterocycles. The molecule has 1 fully saturated rings. The van der Waals surface area contributed by atoms with Crippen LogP contribution in [0.2, 0.25) is 0 Å². The lowest BCUT2D eigenvalue weighted by Crippen LogP contribution is -2.44. The maximum atomic E-state index is 5.35. The molecule has 0 aliphatic carbocycles. The summed E-state index contributed by atoms with van der Waals surface area (Å²) in [6.07, 6.45) is 5.37. The molecule has 0 radical (unpaired) electrons. The van der Waals surface area contributed by atoms with Gasteiger partial charge in [0, 0.05) is 44.0 Å². The van der Waals surface area contributed by atoms with Crippen molar-refractivity contribution in [1.29, 1.82) is 0 Å². The van der Waals surface area contributed by atoms with E-state index < -0.39 is 0 Å². The third-order valence-electron chi connectivity index (χ3n) is 4.46. The van der Waals surface area contributed by atoms with E-state index in [2.05, 4.69) is 37.3 Å². The lowest BCUT2D eigenvalue weighted by molar-refractivity contribution is 0.312. The predicted octanol–water partition coefficient (Wildman–Crippen LogP) is 2.77. The van der Waals surface area contributed by atoms with Crippen molar-refractivity contribution in [1.82, 2.24) is 25.1 Å². The van der Waals surface area contributed by atoms with Crippen molar-refractivity contribution in [2.45, 2.75) is 6.92 Å². The average molecular weight is 365 g/mol. The third kappa shape index (κ3) is 4.35. The molecule has 0 saturated carbocycles. The van der Waals surface area contributed by atoms with Crippen LogP contribution >= 0.6 is 0 Å². The van der Waals surface area contributed by atoms with Crippen LogP contribution in [0.5, 0.6) is 0 Å². The summed E-state index contributed by atoms with van der Waals surface area (Å²) in [5.74, 6) is 3.74. The van der Waals surface area contributed by atoms with E-state index in [1.54, 1.807) is 6.26 Å². The SMILES string of the molecule is Cc1cc(Nc2cc(N3CCN(C)CC3)nc(C=Cc3ccco3)n2)n[nH]1. The lowest BCUT2D eigenvalue weighted by atomic mass is 10.3. The summed E-state index contributed by atoms with van der Waals surface area (Å²) < 4.78 is 5.35. The summed E-state index contributed by atoms with van der Waals surface area (Å²) in [5, 5.41) is 10.4. The molecule has 0 atom stereocenters. The van der Waals surface area contributed by atoms with Gasteiger partial charge in [-0.3, -0.25) is 5.10 Å². The first-order chi connectivity index (χ1) is 13.2. The monoisotopic (exact) mass is 365 g/mol. The molecule has 0 unspecified atom stereocenters. The van der Waals surface area contributed by atoms with E-state index in [-0.39, 0.29) is 0 Å². The quantitative estimate of drug-likeness (QED) is 0.719. The molecule has 1 aliphatic rings. The Morgan fingerprint density at radius 2 is 1.96 bits per heavy atom. The number of hydrogen-bond acceptors (Lipinski definition) is 7. The van der Waals surface area contributed by atoms with Crippen LogP contribution in [0.4, 0.5) is 17.5 Å². The molecule has 3 aromatic rings. The molecule has 1 saturated heterocycles. The zero-order valence-electron chi connectivity index (χ0n) is 15.5. The number of furan rings is 1. The largest absolute Gasteiger partial charge is 0.465 e. The van der Waals surface area contributed by atoms with Crippen molar-refractivity contribution in [3.63, 3.8) is 0 Å². The van der Waals surface area contributed by atoms with Crippen molar-refractivity contribution in [2.75, 3.05) is 43.4 Å². The standard InChI is InChI=1S/C19H23N7O/c1-14-12-18(24-23-14)21-17-13-19(26-9-7-25(2)8-10-26)22-16(20-17)6-5-15-4-3-11-27-15/h3-6,11-13H,7-10H2,1-2H3,(H2,20,21,22,23,24). The molecule has 0 aromatic carbocycles. The summed E-state index contributed by atoms with van der Waals surface area (Å²) in [5.41, 5.74) is 0.990. The number of nitrogens with zero attached hydrogens (tertiary/aromatic N) is 5. The number of aromatic nitrogens is 4. The van der Waals surface area contributed by atoms with Gasteiger partial charge in [0.15, 0.2) is 11.6 Å². The maximum Gasteiger partial charge on any atom is 0.156 e. The predicted molar refractivity (Wildman–Crippen MR) is 106 cm³/mol. The number of anilines is 3. The number of hydrogen-bond donors (Lipinski definition) is 2. The second kappa shape index (κ2) is 7.63. The Balaban J connectivity index is 1.62. The smallest absolute Gasteiger partial charge is 0.156 e. The van der Waals surface area contributed by atoms with Crippen LogP contribution in [-0.4, -0.2) is 58.3 Å². The molecule has 2 N–H and O–H groups in total. The van der Waals surface area contributed by atoms with Gasteiger partial charge in [0.1, 0.15) is 17.4 Å². The zero-order valence-corrected chi connectivity index (χ0v) is 15.5.